The van der Waals surface area contributed by atoms with Crippen molar-refractivity contribution in [3.8, 4) is 0 Å². The predicted octanol–water partition coefficient (Wildman–Crippen LogP) is 1.63. The van der Waals surface area contributed by atoms with Crippen LogP contribution in [0.3, 0.4) is 0 Å². The minimum absolute atomic E-state index is 0.725. The first-order chi connectivity index (χ1) is 7.65. The van der Waals surface area contributed by atoms with Crippen LogP contribution in [0.25, 0.3) is 10.8 Å². The van der Waals surface area contributed by atoms with E-state index in [2.05, 4.69) is 10.6 Å². The number of benzene rings is 2. The zero-order valence-corrected chi connectivity index (χ0v) is 10.2. The van der Waals surface area contributed by atoms with Crippen molar-refractivity contribution in [3.63, 3.8) is 0 Å². The summed E-state index contributed by atoms with van der Waals surface area (Å²) < 4.78 is 4.14. The first-order valence-corrected chi connectivity index (χ1v) is 6.37. The van der Waals surface area contributed by atoms with Gasteiger partial charge in [-0.15, -0.1) is 0 Å². The molecule has 0 fully saturated rings. The molecule has 0 heterocycles. The van der Waals surface area contributed by atoms with Crippen LogP contribution in [0.1, 0.15) is 11.1 Å². The molecule has 0 aromatic heterocycles. The standard InChI is InChI=1S/C12H13O3Si/c1-8-7-10-5-3-4-6-11(10)12(9(8)2)16(14)15-13/h3-7,13-14H,1-2H3. The molecule has 2 aromatic carbocycles. The Morgan fingerprint density at radius 2 is 1.88 bits per heavy atom. The van der Waals surface area contributed by atoms with E-state index < -0.39 is 9.28 Å². The average molecular weight is 233 g/mol. The topological polar surface area (TPSA) is 49.7 Å². The van der Waals surface area contributed by atoms with Gasteiger partial charge in [-0.3, -0.25) is 5.26 Å². The summed E-state index contributed by atoms with van der Waals surface area (Å²) in [4.78, 5) is 9.76. The Bertz CT molecular complexity index is 525. The third-order valence-electron chi connectivity index (χ3n) is 2.87. The Morgan fingerprint density at radius 1 is 1.19 bits per heavy atom. The summed E-state index contributed by atoms with van der Waals surface area (Å²) in [5, 5.41) is 11.4. The van der Waals surface area contributed by atoms with Crippen LogP contribution in [0.15, 0.2) is 30.3 Å². The van der Waals surface area contributed by atoms with Crippen LogP contribution >= 0.6 is 0 Å². The second-order valence-electron chi connectivity index (χ2n) is 3.81. The van der Waals surface area contributed by atoms with Crippen molar-refractivity contribution in [1.82, 2.24) is 0 Å². The van der Waals surface area contributed by atoms with Gasteiger partial charge in [0.2, 0.25) is 0 Å². The van der Waals surface area contributed by atoms with Gasteiger partial charge in [0.05, 0.1) is 0 Å². The molecule has 0 aliphatic heterocycles. The van der Waals surface area contributed by atoms with Crippen LogP contribution in [0.2, 0.25) is 0 Å². The number of rotatable bonds is 2. The van der Waals surface area contributed by atoms with E-state index in [9.17, 15) is 4.80 Å². The van der Waals surface area contributed by atoms with Gasteiger partial charge in [0, 0.05) is 5.19 Å². The second-order valence-corrected chi connectivity index (χ2v) is 5.10. The van der Waals surface area contributed by atoms with Crippen LogP contribution in [0.5, 0.6) is 0 Å². The van der Waals surface area contributed by atoms with E-state index in [-0.39, 0.29) is 0 Å². The number of fused-ring (bicyclic) bond motifs is 1. The molecule has 0 amide bonds. The highest BCUT2D eigenvalue weighted by Crippen LogP contribution is 2.17. The van der Waals surface area contributed by atoms with Gasteiger partial charge >= 0.3 is 9.28 Å². The van der Waals surface area contributed by atoms with Crippen LogP contribution in [0, 0.1) is 13.8 Å². The van der Waals surface area contributed by atoms with Crippen molar-refractivity contribution in [1.29, 1.82) is 0 Å². The molecule has 0 unspecified atom stereocenters. The summed E-state index contributed by atoms with van der Waals surface area (Å²) in [7, 11) is -2.33. The largest absolute Gasteiger partial charge is 0.456 e. The maximum Gasteiger partial charge on any atom is 0.456 e. The molecule has 1 radical (unpaired) electrons. The van der Waals surface area contributed by atoms with Crippen LogP contribution in [0.4, 0.5) is 0 Å². The summed E-state index contributed by atoms with van der Waals surface area (Å²) in [6, 6.07) is 9.84. The van der Waals surface area contributed by atoms with E-state index in [0.29, 0.717) is 0 Å². The molecule has 0 saturated heterocycles. The maximum absolute atomic E-state index is 9.76. The molecule has 2 aromatic rings. The van der Waals surface area contributed by atoms with Gasteiger partial charge < -0.3 is 4.80 Å². The molecule has 3 nitrogen and oxygen atoms in total. The zero-order valence-electron chi connectivity index (χ0n) is 9.19. The smallest absolute Gasteiger partial charge is 0.405 e. The fraction of sp³-hybridized carbons (Fsp3) is 0.167. The quantitative estimate of drug-likeness (QED) is 0.471. The van der Waals surface area contributed by atoms with Gasteiger partial charge in [-0.05, 0) is 35.7 Å². The Kier molecular flexibility index (Phi) is 3.07. The lowest BCUT2D eigenvalue weighted by molar-refractivity contribution is -0.154. The summed E-state index contributed by atoms with van der Waals surface area (Å²) in [5.74, 6) is 0. The lowest BCUT2D eigenvalue weighted by atomic mass is 10.0. The van der Waals surface area contributed by atoms with E-state index in [0.717, 1.165) is 27.1 Å². The van der Waals surface area contributed by atoms with Gasteiger partial charge in [0.25, 0.3) is 0 Å². The van der Waals surface area contributed by atoms with Crippen LogP contribution < -0.4 is 5.19 Å². The molecule has 0 spiro atoms. The molecular weight excluding hydrogens is 220 g/mol. The first kappa shape index (κ1) is 11.3. The van der Waals surface area contributed by atoms with Crippen LogP contribution in [-0.4, -0.2) is 19.3 Å². The molecule has 0 bridgehead atoms. The third kappa shape index (κ3) is 1.76. The third-order valence-corrected chi connectivity index (χ3v) is 4.11. The summed E-state index contributed by atoms with van der Waals surface area (Å²) >= 11 is 0. The zero-order chi connectivity index (χ0) is 11.7. The fourth-order valence-corrected chi connectivity index (χ4v) is 2.98. The highest BCUT2D eigenvalue weighted by Gasteiger charge is 2.21. The SMILES string of the molecule is Cc1cc2ccccc2c([Si](O)OO)c1C. The Morgan fingerprint density at radius 3 is 2.56 bits per heavy atom. The molecule has 83 valence electrons. The highest BCUT2D eigenvalue weighted by molar-refractivity contribution is 6.63. The molecule has 2 rings (SSSR count). The van der Waals surface area contributed by atoms with Crippen LogP contribution in [-0.2, 0) is 4.58 Å². The number of hydrogen-bond donors (Lipinski definition) is 2. The van der Waals surface area contributed by atoms with Crippen molar-refractivity contribution >= 4 is 25.2 Å². The van der Waals surface area contributed by atoms with Crippen molar-refractivity contribution in [2.45, 2.75) is 13.8 Å². The van der Waals surface area contributed by atoms with Gasteiger partial charge in [-0.2, -0.15) is 0 Å². The number of aryl methyl sites for hydroxylation is 1. The molecule has 0 saturated carbocycles. The fourth-order valence-electron chi connectivity index (χ4n) is 1.91. The van der Waals surface area contributed by atoms with Gasteiger partial charge in [-0.25, -0.2) is 4.58 Å². The van der Waals surface area contributed by atoms with Crippen molar-refractivity contribution in [2.75, 3.05) is 0 Å². The summed E-state index contributed by atoms with van der Waals surface area (Å²) in [5.41, 5.74) is 2.06. The van der Waals surface area contributed by atoms with E-state index >= 15 is 0 Å². The van der Waals surface area contributed by atoms with Gasteiger partial charge in [0.15, 0.2) is 0 Å². The summed E-state index contributed by atoms with van der Waals surface area (Å²) in [6.07, 6.45) is 0. The lowest BCUT2D eigenvalue weighted by Crippen LogP contribution is -2.35. The first-order valence-electron chi connectivity index (χ1n) is 5.02. The Balaban J connectivity index is 2.81. The lowest BCUT2D eigenvalue weighted by Gasteiger charge is -2.13. The van der Waals surface area contributed by atoms with Gasteiger partial charge in [-0.1, -0.05) is 30.3 Å². The minimum atomic E-state index is -2.33. The minimum Gasteiger partial charge on any atom is -0.405 e. The Hall–Kier alpha value is -1.20. The van der Waals surface area contributed by atoms with Crippen molar-refractivity contribution < 1.29 is 14.6 Å². The molecule has 4 heteroatoms. The van der Waals surface area contributed by atoms with Crippen molar-refractivity contribution in [2.24, 2.45) is 0 Å². The Labute approximate surface area is 95.7 Å². The normalized spacial score (nSPS) is 11.3. The maximum atomic E-state index is 9.76. The monoisotopic (exact) mass is 233 g/mol. The van der Waals surface area contributed by atoms with E-state index in [1.54, 1.807) is 0 Å². The van der Waals surface area contributed by atoms with Crippen molar-refractivity contribution in [3.05, 3.63) is 41.5 Å². The summed E-state index contributed by atoms with van der Waals surface area (Å²) in [6.45, 7) is 3.91. The highest BCUT2D eigenvalue weighted by atomic mass is 28.3. The molecule has 0 aliphatic carbocycles. The van der Waals surface area contributed by atoms with E-state index in [4.69, 9.17) is 5.26 Å². The average Bonchev–Trinajstić information content (AvgIpc) is 2.30. The van der Waals surface area contributed by atoms with E-state index in [1.807, 2.05) is 38.1 Å². The molecule has 2 N–H and O–H groups in total. The number of hydrogen-bond acceptors (Lipinski definition) is 3. The van der Waals surface area contributed by atoms with Gasteiger partial charge in [0.1, 0.15) is 0 Å². The molecule has 0 aliphatic rings. The molecule has 0 atom stereocenters. The molecular formula is C12H13O3Si. The van der Waals surface area contributed by atoms with E-state index in [1.165, 1.54) is 0 Å². The second kappa shape index (κ2) is 4.35. The molecule has 16 heavy (non-hydrogen) atoms. The predicted molar refractivity (Wildman–Crippen MR) is 64.7 cm³/mol.